The Balaban J connectivity index is 3.22. The van der Waals surface area contributed by atoms with E-state index >= 15 is 0 Å². The van der Waals surface area contributed by atoms with Crippen LogP contribution in [-0.4, -0.2) is 29.0 Å². The maximum absolute atomic E-state index is 11.1. The first-order valence-corrected chi connectivity index (χ1v) is 5.03. The minimum absolute atomic E-state index is 0.0691. The zero-order chi connectivity index (χ0) is 11.4. The highest BCUT2D eigenvalue weighted by Crippen LogP contribution is 2.22. The van der Waals surface area contributed by atoms with Gasteiger partial charge in [-0.05, 0) is 29.3 Å². The summed E-state index contributed by atoms with van der Waals surface area (Å²) in [5.74, 6) is -0.402. The third-order valence-corrected chi connectivity index (χ3v) is 2.44. The van der Waals surface area contributed by atoms with Crippen LogP contribution in [0.2, 0.25) is 0 Å². The first-order chi connectivity index (χ1) is 7.10. The van der Waals surface area contributed by atoms with Gasteiger partial charge < -0.3 is 14.0 Å². The van der Waals surface area contributed by atoms with Crippen molar-refractivity contribution < 1.29 is 23.0 Å². The number of benzene rings is 1. The lowest BCUT2D eigenvalue weighted by Gasteiger charge is -2.11. The van der Waals surface area contributed by atoms with E-state index in [1.54, 1.807) is 0 Å². The normalized spacial score (nSPS) is 11.9. The number of carbonyl (C=O) groups excluding carboxylic acids is 1. The summed E-state index contributed by atoms with van der Waals surface area (Å²) in [4.78, 5) is 11.1. The molecular formula is C9H9O5S-. The molecule has 5 nitrogen and oxygen atoms in total. The summed E-state index contributed by atoms with van der Waals surface area (Å²) < 4.78 is 30.9. The molecule has 0 saturated carbocycles. The average molecular weight is 229 g/mol. The molecule has 0 aliphatic carbocycles. The van der Waals surface area contributed by atoms with Crippen LogP contribution in [0.4, 0.5) is 0 Å². The van der Waals surface area contributed by atoms with E-state index in [0.29, 0.717) is 0 Å². The topological polar surface area (TPSA) is 75.7 Å². The van der Waals surface area contributed by atoms with Crippen molar-refractivity contribution in [1.29, 1.82) is 0 Å². The summed E-state index contributed by atoms with van der Waals surface area (Å²) in [7, 11) is 2.57. The monoisotopic (exact) mass is 229 g/mol. The van der Waals surface area contributed by atoms with Gasteiger partial charge in [0.1, 0.15) is 5.75 Å². The molecule has 6 heteroatoms. The van der Waals surface area contributed by atoms with Crippen LogP contribution >= 0.6 is 0 Å². The second-order valence-corrected chi connectivity index (χ2v) is 3.50. The molecule has 82 valence electrons. The minimum Gasteiger partial charge on any atom is -0.768 e. The van der Waals surface area contributed by atoms with Crippen LogP contribution in [0.3, 0.4) is 0 Å². The molecule has 0 N–H and O–H groups in total. The van der Waals surface area contributed by atoms with Crippen molar-refractivity contribution >= 4 is 17.0 Å². The van der Waals surface area contributed by atoms with E-state index in [2.05, 4.69) is 4.74 Å². The molecule has 1 aromatic rings. The summed E-state index contributed by atoms with van der Waals surface area (Å²) in [5.41, 5.74) is 0.164. The van der Waals surface area contributed by atoms with Gasteiger partial charge in [-0.2, -0.15) is 0 Å². The molecule has 0 bridgehead atoms. The Morgan fingerprint density at radius 3 is 2.53 bits per heavy atom. The predicted molar refractivity (Wildman–Crippen MR) is 51.5 cm³/mol. The van der Waals surface area contributed by atoms with Crippen LogP contribution < -0.4 is 4.74 Å². The summed E-state index contributed by atoms with van der Waals surface area (Å²) in [6.45, 7) is 0. The van der Waals surface area contributed by atoms with Crippen molar-refractivity contribution in [2.24, 2.45) is 0 Å². The van der Waals surface area contributed by atoms with E-state index in [9.17, 15) is 13.6 Å². The van der Waals surface area contributed by atoms with Gasteiger partial charge in [-0.25, -0.2) is 4.79 Å². The number of ether oxygens (including phenoxy) is 2. The van der Waals surface area contributed by atoms with Crippen molar-refractivity contribution in [3.05, 3.63) is 23.8 Å². The van der Waals surface area contributed by atoms with E-state index in [4.69, 9.17) is 4.74 Å². The SMILES string of the molecule is COC(=O)c1ccc(OC)c(S(=O)[O-])c1. The third-order valence-electron chi connectivity index (χ3n) is 1.76. The molecular weight excluding hydrogens is 220 g/mol. The average Bonchev–Trinajstić information content (AvgIpc) is 2.27. The fraction of sp³-hybridized carbons (Fsp3) is 0.222. The Kier molecular flexibility index (Phi) is 3.81. The highest BCUT2D eigenvalue weighted by molar-refractivity contribution is 7.79. The molecule has 1 atom stereocenters. The van der Waals surface area contributed by atoms with Crippen LogP contribution in [0, 0.1) is 0 Å². The van der Waals surface area contributed by atoms with Gasteiger partial charge in [-0.1, -0.05) is 0 Å². The number of rotatable bonds is 3. The summed E-state index contributed by atoms with van der Waals surface area (Å²) in [5, 5.41) is 0. The Morgan fingerprint density at radius 2 is 2.07 bits per heavy atom. The molecule has 1 rings (SSSR count). The lowest BCUT2D eigenvalue weighted by molar-refractivity contribution is 0.0600. The number of methoxy groups -OCH3 is 2. The van der Waals surface area contributed by atoms with Crippen molar-refractivity contribution in [2.75, 3.05) is 14.2 Å². The standard InChI is InChI=1S/C9H10O5S/c1-13-7-4-3-6(9(10)14-2)5-8(7)15(11)12/h3-5H,1-2H3,(H,11,12)/p-1. The molecule has 0 fully saturated rings. The van der Waals surface area contributed by atoms with Crippen LogP contribution in [0.5, 0.6) is 5.75 Å². The first-order valence-electron chi connectivity index (χ1n) is 3.95. The van der Waals surface area contributed by atoms with Gasteiger partial charge in [-0.3, -0.25) is 4.21 Å². The summed E-state index contributed by atoms with van der Waals surface area (Å²) >= 11 is -2.45. The quantitative estimate of drug-likeness (QED) is 0.564. The number of carbonyl (C=O) groups is 1. The molecule has 0 heterocycles. The van der Waals surface area contributed by atoms with E-state index < -0.39 is 17.0 Å². The zero-order valence-electron chi connectivity index (χ0n) is 8.18. The van der Waals surface area contributed by atoms with Crippen molar-refractivity contribution in [1.82, 2.24) is 0 Å². The molecule has 0 spiro atoms. The number of esters is 1. The fourth-order valence-electron chi connectivity index (χ4n) is 1.05. The lowest BCUT2D eigenvalue weighted by Crippen LogP contribution is -2.03. The van der Waals surface area contributed by atoms with Gasteiger partial charge in [0, 0.05) is 0 Å². The second-order valence-electron chi connectivity index (χ2n) is 2.59. The maximum atomic E-state index is 11.1. The van der Waals surface area contributed by atoms with Gasteiger partial charge in [0.05, 0.1) is 24.7 Å². The number of hydrogen-bond acceptors (Lipinski definition) is 5. The van der Waals surface area contributed by atoms with E-state index in [1.165, 1.54) is 32.4 Å². The third kappa shape index (κ3) is 2.54. The van der Waals surface area contributed by atoms with Crippen LogP contribution in [0.15, 0.2) is 23.1 Å². The maximum Gasteiger partial charge on any atom is 0.337 e. The smallest absolute Gasteiger partial charge is 0.337 e. The summed E-state index contributed by atoms with van der Waals surface area (Å²) in [6, 6.07) is 4.03. The predicted octanol–water partition coefficient (Wildman–Crippen LogP) is 0.720. The molecule has 1 aromatic carbocycles. The van der Waals surface area contributed by atoms with Gasteiger partial charge in [0.15, 0.2) is 0 Å². The molecule has 0 radical (unpaired) electrons. The zero-order valence-corrected chi connectivity index (χ0v) is 9.00. The van der Waals surface area contributed by atoms with Gasteiger partial charge in [-0.15, -0.1) is 0 Å². The molecule has 1 unspecified atom stereocenters. The minimum atomic E-state index is -2.45. The highest BCUT2D eigenvalue weighted by atomic mass is 32.2. The van der Waals surface area contributed by atoms with E-state index in [-0.39, 0.29) is 16.2 Å². The molecule has 0 saturated heterocycles. The van der Waals surface area contributed by atoms with Crippen molar-refractivity contribution in [2.45, 2.75) is 4.90 Å². The van der Waals surface area contributed by atoms with Gasteiger partial charge in [0.25, 0.3) is 0 Å². The molecule has 0 aliphatic rings. The molecule has 0 aromatic heterocycles. The van der Waals surface area contributed by atoms with Crippen molar-refractivity contribution in [3.63, 3.8) is 0 Å². The van der Waals surface area contributed by atoms with Gasteiger partial charge >= 0.3 is 5.97 Å². The van der Waals surface area contributed by atoms with E-state index in [1.807, 2.05) is 0 Å². The Morgan fingerprint density at radius 1 is 1.40 bits per heavy atom. The van der Waals surface area contributed by atoms with Crippen LogP contribution in [-0.2, 0) is 15.8 Å². The highest BCUT2D eigenvalue weighted by Gasteiger charge is 2.10. The second kappa shape index (κ2) is 4.90. The fourth-order valence-corrected chi connectivity index (χ4v) is 1.59. The summed E-state index contributed by atoms with van der Waals surface area (Å²) in [6.07, 6.45) is 0. The van der Waals surface area contributed by atoms with Crippen molar-refractivity contribution in [3.8, 4) is 5.75 Å². The van der Waals surface area contributed by atoms with E-state index in [0.717, 1.165) is 0 Å². The Labute approximate surface area is 89.3 Å². The lowest BCUT2D eigenvalue weighted by atomic mass is 10.2. The van der Waals surface area contributed by atoms with Crippen LogP contribution in [0.25, 0.3) is 0 Å². The van der Waals surface area contributed by atoms with Gasteiger partial charge in [0.2, 0.25) is 0 Å². The molecule has 0 aliphatic heterocycles. The van der Waals surface area contributed by atoms with Crippen LogP contribution in [0.1, 0.15) is 10.4 Å². The number of hydrogen-bond donors (Lipinski definition) is 0. The largest absolute Gasteiger partial charge is 0.768 e. The molecule has 0 amide bonds. The Hall–Kier alpha value is -1.40. The Bertz CT molecular complexity index is 401. The molecule has 15 heavy (non-hydrogen) atoms. The first kappa shape index (κ1) is 11.7.